The van der Waals surface area contributed by atoms with Crippen molar-refractivity contribution in [1.82, 2.24) is 0 Å². The highest BCUT2D eigenvalue weighted by Crippen LogP contribution is 2.50. The molecule has 0 atom stereocenters. The second kappa shape index (κ2) is 9.45. The van der Waals surface area contributed by atoms with Crippen molar-refractivity contribution in [3.63, 3.8) is 0 Å². The molecule has 0 aromatic heterocycles. The van der Waals surface area contributed by atoms with Gasteiger partial charge in [-0.05, 0) is 24.3 Å². The first-order valence-corrected chi connectivity index (χ1v) is 7.65. The van der Waals surface area contributed by atoms with Gasteiger partial charge in [0.25, 0.3) is 0 Å². The summed E-state index contributed by atoms with van der Waals surface area (Å²) in [5.74, 6) is -4.26. The molecule has 0 radical (unpaired) electrons. The number of alkyl halides is 8. The van der Waals surface area contributed by atoms with Crippen LogP contribution < -0.4 is 30.4 Å². The summed E-state index contributed by atoms with van der Waals surface area (Å²) in [6.07, 6.45) is 0. The number of ether oxygens (including phenoxy) is 4. The van der Waals surface area contributed by atoms with E-state index in [4.69, 9.17) is 11.5 Å². The van der Waals surface area contributed by atoms with Crippen molar-refractivity contribution in [3.8, 4) is 34.1 Å². The second-order valence-electron chi connectivity index (χ2n) is 5.24. The van der Waals surface area contributed by atoms with Gasteiger partial charge >= 0.3 is 26.4 Å². The fraction of sp³-hybridized carbons (Fsp3) is 0.250. The van der Waals surface area contributed by atoms with Crippen LogP contribution in [0.3, 0.4) is 0 Å². The maximum atomic E-state index is 12.9. The zero-order chi connectivity index (χ0) is 22.6. The summed E-state index contributed by atoms with van der Waals surface area (Å²) in [6, 6.07) is 3.62. The van der Waals surface area contributed by atoms with Gasteiger partial charge in [-0.1, -0.05) is 0 Å². The van der Waals surface area contributed by atoms with E-state index in [0.717, 1.165) is 24.3 Å². The first-order chi connectivity index (χ1) is 14.0. The highest BCUT2D eigenvalue weighted by atomic mass is 19.3. The van der Waals surface area contributed by atoms with Crippen molar-refractivity contribution in [2.45, 2.75) is 26.4 Å². The van der Waals surface area contributed by atoms with Crippen LogP contribution in [0.4, 0.5) is 46.5 Å². The fourth-order valence-corrected chi connectivity index (χ4v) is 2.41. The van der Waals surface area contributed by atoms with Crippen LogP contribution in [-0.2, 0) is 0 Å². The minimum atomic E-state index is -3.59. The maximum absolute atomic E-state index is 12.9. The van der Waals surface area contributed by atoms with Gasteiger partial charge in [-0.2, -0.15) is 35.1 Å². The molecule has 4 N–H and O–H groups in total. The van der Waals surface area contributed by atoms with E-state index in [1.807, 2.05) is 0 Å². The van der Waals surface area contributed by atoms with Crippen LogP contribution in [0.1, 0.15) is 0 Å². The molecule has 0 aliphatic heterocycles. The van der Waals surface area contributed by atoms with Crippen molar-refractivity contribution in [3.05, 3.63) is 24.3 Å². The van der Waals surface area contributed by atoms with E-state index in [0.29, 0.717) is 0 Å². The summed E-state index contributed by atoms with van der Waals surface area (Å²) < 4.78 is 119. The number of anilines is 2. The summed E-state index contributed by atoms with van der Waals surface area (Å²) in [6.45, 7) is -14.2. The third-order valence-corrected chi connectivity index (χ3v) is 3.40. The standard InChI is InChI=1S/C16H12F8N2O4/c17-13(18)27-9-5(1-3-7(25)11(9)29-15(21)22)6-2-4-8(26)12(30-16(23)24)10(6)28-14(19)20/h1-4,13-16H,25-26H2. The number of hydrogen-bond donors (Lipinski definition) is 2. The van der Waals surface area contributed by atoms with E-state index >= 15 is 0 Å². The molecule has 0 aliphatic carbocycles. The Morgan fingerprint density at radius 3 is 1.00 bits per heavy atom. The molecule has 0 bridgehead atoms. The molecule has 2 aromatic carbocycles. The van der Waals surface area contributed by atoms with E-state index in [-0.39, 0.29) is 0 Å². The van der Waals surface area contributed by atoms with Gasteiger partial charge in [0, 0.05) is 11.1 Å². The number of halogens is 8. The topological polar surface area (TPSA) is 89.0 Å². The number of rotatable bonds is 9. The van der Waals surface area contributed by atoms with Gasteiger partial charge in [-0.15, -0.1) is 0 Å². The van der Waals surface area contributed by atoms with Gasteiger partial charge in [-0.3, -0.25) is 0 Å². The average Bonchev–Trinajstić information content (AvgIpc) is 2.61. The van der Waals surface area contributed by atoms with E-state index in [1.54, 1.807) is 0 Å². The monoisotopic (exact) mass is 448 g/mol. The molecule has 0 spiro atoms. The SMILES string of the molecule is Nc1ccc(-c2ccc(N)c(OC(F)F)c2OC(F)F)c(OC(F)F)c1OC(F)F. The zero-order valence-corrected chi connectivity index (χ0v) is 14.4. The molecule has 2 aromatic rings. The Balaban J connectivity index is 2.81. The summed E-state index contributed by atoms with van der Waals surface area (Å²) in [4.78, 5) is 0. The summed E-state index contributed by atoms with van der Waals surface area (Å²) >= 11 is 0. The Labute approximate surface area is 162 Å². The predicted octanol–water partition coefficient (Wildman–Crippen LogP) is 4.92. The first kappa shape index (κ1) is 23.0. The lowest BCUT2D eigenvalue weighted by Crippen LogP contribution is -2.12. The average molecular weight is 448 g/mol. The molecule has 6 nitrogen and oxygen atoms in total. The lowest BCUT2D eigenvalue weighted by molar-refractivity contribution is -0.0694. The van der Waals surface area contributed by atoms with Gasteiger partial charge in [0.05, 0.1) is 11.4 Å². The van der Waals surface area contributed by atoms with Gasteiger partial charge in [0.15, 0.2) is 23.0 Å². The van der Waals surface area contributed by atoms with Crippen LogP contribution in [0.5, 0.6) is 23.0 Å². The molecular formula is C16H12F8N2O4. The highest BCUT2D eigenvalue weighted by Gasteiger charge is 2.28. The van der Waals surface area contributed by atoms with E-state index in [1.165, 1.54) is 0 Å². The third kappa shape index (κ3) is 5.39. The maximum Gasteiger partial charge on any atom is 0.387 e. The number of benzene rings is 2. The highest BCUT2D eigenvalue weighted by molar-refractivity contribution is 5.85. The van der Waals surface area contributed by atoms with E-state index < -0.39 is 71.9 Å². The Morgan fingerprint density at radius 2 is 0.733 bits per heavy atom. The predicted molar refractivity (Wildman–Crippen MR) is 87.2 cm³/mol. The third-order valence-electron chi connectivity index (χ3n) is 3.40. The van der Waals surface area contributed by atoms with Crippen molar-refractivity contribution in [1.29, 1.82) is 0 Å². The zero-order valence-electron chi connectivity index (χ0n) is 14.4. The van der Waals surface area contributed by atoms with Gasteiger partial charge in [0.1, 0.15) is 0 Å². The Kier molecular flexibility index (Phi) is 7.24. The molecule has 166 valence electrons. The molecule has 0 unspecified atom stereocenters. The van der Waals surface area contributed by atoms with Crippen LogP contribution in [0.25, 0.3) is 11.1 Å². The Bertz CT molecular complexity index is 811. The minimum Gasteiger partial charge on any atom is -0.430 e. The fourth-order valence-electron chi connectivity index (χ4n) is 2.41. The van der Waals surface area contributed by atoms with Gasteiger partial charge < -0.3 is 30.4 Å². The molecule has 2 rings (SSSR count). The lowest BCUT2D eigenvalue weighted by Gasteiger charge is -2.21. The minimum absolute atomic E-state index is 0.564. The molecule has 14 heteroatoms. The van der Waals surface area contributed by atoms with Gasteiger partial charge in [0.2, 0.25) is 0 Å². The van der Waals surface area contributed by atoms with Crippen molar-refractivity contribution in [2.75, 3.05) is 11.5 Å². The van der Waals surface area contributed by atoms with Crippen molar-refractivity contribution < 1.29 is 54.1 Å². The second-order valence-corrected chi connectivity index (χ2v) is 5.24. The number of hydrogen-bond acceptors (Lipinski definition) is 6. The van der Waals surface area contributed by atoms with E-state index in [2.05, 4.69) is 18.9 Å². The molecule has 0 amide bonds. The molecule has 0 saturated heterocycles. The van der Waals surface area contributed by atoms with Crippen LogP contribution in [0.2, 0.25) is 0 Å². The lowest BCUT2D eigenvalue weighted by atomic mass is 10.0. The largest absolute Gasteiger partial charge is 0.430 e. The van der Waals surface area contributed by atoms with E-state index in [9.17, 15) is 35.1 Å². The number of nitrogens with two attached hydrogens (primary N) is 2. The molecule has 0 saturated carbocycles. The van der Waals surface area contributed by atoms with Gasteiger partial charge in [-0.25, -0.2) is 0 Å². The molecule has 0 fully saturated rings. The number of nitrogen functional groups attached to an aromatic ring is 2. The summed E-state index contributed by atoms with van der Waals surface area (Å²) in [5.41, 5.74) is 8.60. The van der Waals surface area contributed by atoms with Crippen LogP contribution in [0.15, 0.2) is 24.3 Å². The first-order valence-electron chi connectivity index (χ1n) is 7.65. The van der Waals surface area contributed by atoms with Crippen LogP contribution >= 0.6 is 0 Å². The summed E-state index contributed by atoms with van der Waals surface area (Å²) in [7, 11) is 0. The van der Waals surface area contributed by atoms with Crippen molar-refractivity contribution >= 4 is 11.4 Å². The molecule has 30 heavy (non-hydrogen) atoms. The normalized spacial score (nSPS) is 11.5. The quantitative estimate of drug-likeness (QED) is 0.418. The molecule has 0 aliphatic rings. The van der Waals surface area contributed by atoms with Crippen LogP contribution in [0, 0.1) is 0 Å². The smallest absolute Gasteiger partial charge is 0.387 e. The Hall–Kier alpha value is -3.32. The summed E-state index contributed by atoms with van der Waals surface area (Å²) in [5, 5.41) is 0. The molecule has 0 heterocycles. The van der Waals surface area contributed by atoms with Crippen LogP contribution in [-0.4, -0.2) is 26.4 Å². The van der Waals surface area contributed by atoms with Crippen molar-refractivity contribution in [2.24, 2.45) is 0 Å². The molecular weight excluding hydrogens is 436 g/mol. The Morgan fingerprint density at radius 1 is 0.467 bits per heavy atom.